The predicted octanol–water partition coefficient (Wildman–Crippen LogP) is 2.80. The zero-order valence-corrected chi connectivity index (χ0v) is 17.0. The third-order valence-corrected chi connectivity index (χ3v) is 4.47. The van der Waals surface area contributed by atoms with Crippen molar-refractivity contribution in [3.8, 4) is 0 Å². The van der Waals surface area contributed by atoms with Crippen molar-refractivity contribution in [2.24, 2.45) is 0 Å². The molecule has 0 aromatic carbocycles. The Morgan fingerprint density at radius 1 is 0.875 bits per heavy atom. The average Bonchev–Trinajstić information content (AvgIpc) is 2.58. The summed E-state index contributed by atoms with van der Waals surface area (Å²) in [6.45, 7) is 3.20. The largest absolute Gasteiger partial charge is 1.00 e. The van der Waals surface area contributed by atoms with Crippen molar-refractivity contribution in [2.75, 3.05) is 0 Å². The predicted molar refractivity (Wildman–Crippen MR) is 95.0 cm³/mol. The molecule has 0 aliphatic heterocycles. The summed E-state index contributed by atoms with van der Waals surface area (Å²) in [5, 5.41) is 0. The Balaban J connectivity index is 0.00000529. The lowest BCUT2D eigenvalue weighted by atomic mass is 10.0. The van der Waals surface area contributed by atoms with Crippen LogP contribution < -0.4 is 21.5 Å². The number of aromatic nitrogens is 2. The molecule has 0 bridgehead atoms. The maximum Gasteiger partial charge on any atom is 0.286 e. The third-order valence-electron chi connectivity index (χ3n) is 4.47. The highest BCUT2D eigenvalue weighted by molar-refractivity contribution is 4.69. The summed E-state index contributed by atoms with van der Waals surface area (Å²) in [6, 6.07) is 1.93. The third kappa shape index (κ3) is 13.9. The Morgan fingerprint density at radius 3 is 2.04 bits per heavy atom. The second-order valence-corrected chi connectivity index (χ2v) is 6.70. The number of hydrogen-bond donors (Lipinski definition) is 0. The maximum absolute atomic E-state index is 13.8. The van der Waals surface area contributed by atoms with E-state index in [9.17, 15) is 4.39 Å². The lowest BCUT2D eigenvalue weighted by Gasteiger charge is -2.08. The first-order valence-electron chi connectivity index (χ1n) is 9.76. The van der Waals surface area contributed by atoms with Gasteiger partial charge < -0.3 is 17.0 Å². The van der Waals surface area contributed by atoms with Gasteiger partial charge in [-0.15, -0.1) is 0 Å². The lowest BCUT2D eigenvalue weighted by molar-refractivity contribution is -0.700. The van der Waals surface area contributed by atoms with Crippen LogP contribution in [0, 0.1) is 0 Å². The van der Waals surface area contributed by atoms with Gasteiger partial charge in [-0.05, 0) is 25.7 Å². The van der Waals surface area contributed by atoms with Crippen molar-refractivity contribution in [1.82, 2.24) is 4.98 Å². The molecule has 4 heteroatoms. The summed E-state index contributed by atoms with van der Waals surface area (Å²) in [5.41, 5.74) is 0. The highest BCUT2D eigenvalue weighted by Crippen LogP contribution is 2.15. The van der Waals surface area contributed by atoms with Gasteiger partial charge in [-0.2, -0.15) is 0 Å². The molecule has 0 aliphatic rings. The molecule has 0 spiro atoms. The first-order chi connectivity index (χ1) is 11.3. The van der Waals surface area contributed by atoms with E-state index in [0.29, 0.717) is 0 Å². The number of unbranched alkanes of at least 4 members (excludes halogenated alkanes) is 9. The molecule has 1 atom stereocenters. The number of aryl methyl sites for hydroxylation is 1. The number of nitrogens with zero attached hydrogens (tertiary/aromatic N) is 2. The van der Waals surface area contributed by atoms with E-state index < -0.39 is 6.17 Å². The summed E-state index contributed by atoms with van der Waals surface area (Å²) in [6.07, 6.45) is 20.2. The fraction of sp³-hybridized carbons (Fsp3) is 0.800. The Kier molecular flexibility index (Phi) is 16.9. The van der Waals surface area contributed by atoms with E-state index in [0.717, 1.165) is 38.6 Å². The van der Waals surface area contributed by atoms with Gasteiger partial charge in [0.1, 0.15) is 12.4 Å². The van der Waals surface area contributed by atoms with E-state index in [2.05, 4.69) is 16.5 Å². The maximum atomic E-state index is 13.8. The van der Waals surface area contributed by atoms with Gasteiger partial charge in [-0.25, -0.2) is 8.96 Å². The topological polar surface area (TPSA) is 16.8 Å². The molecule has 24 heavy (non-hydrogen) atoms. The van der Waals surface area contributed by atoms with Gasteiger partial charge in [0, 0.05) is 6.07 Å². The van der Waals surface area contributed by atoms with E-state index in [1.807, 2.05) is 18.6 Å². The van der Waals surface area contributed by atoms with Gasteiger partial charge in [0.15, 0.2) is 0 Å². The van der Waals surface area contributed by atoms with Crippen LogP contribution in [0.4, 0.5) is 4.39 Å². The second kappa shape index (κ2) is 17.3. The van der Waals surface area contributed by atoms with Crippen molar-refractivity contribution in [3.05, 3.63) is 24.8 Å². The molecular weight excluding hydrogens is 367 g/mol. The Bertz CT molecular complexity index is 362. The smallest absolute Gasteiger partial charge is 0.286 e. The summed E-state index contributed by atoms with van der Waals surface area (Å²) < 4.78 is 15.9. The second-order valence-electron chi connectivity index (χ2n) is 6.70. The number of rotatable bonds is 15. The minimum Gasteiger partial charge on any atom is -1.00 e. The zero-order chi connectivity index (χ0) is 16.6. The standard InChI is InChI=1S/C20H36FN2.BrH/c1-2-3-4-5-6-7-8-9-10-14-20(21)15-11-12-17-23-18-13-16-22-19-23;/h13,16,18-20H,2-12,14-15,17H2,1H3;1H/q+1;/p-1. The van der Waals surface area contributed by atoms with Crippen LogP contribution in [0.5, 0.6) is 0 Å². The minimum absolute atomic E-state index is 0. The van der Waals surface area contributed by atoms with Crippen molar-refractivity contribution >= 4 is 0 Å². The SMILES string of the molecule is CCCCCCCCCCCC(F)CCCC[n+]1cccnc1.[Br-]. The normalized spacial score (nSPS) is 11.9. The van der Waals surface area contributed by atoms with Gasteiger partial charge in [0.2, 0.25) is 0 Å². The van der Waals surface area contributed by atoms with Gasteiger partial charge in [0.25, 0.3) is 6.33 Å². The summed E-state index contributed by atoms with van der Waals surface area (Å²) in [4.78, 5) is 4.07. The van der Waals surface area contributed by atoms with Gasteiger partial charge in [0.05, 0.1) is 12.7 Å². The fourth-order valence-electron chi connectivity index (χ4n) is 2.97. The molecule has 2 nitrogen and oxygen atoms in total. The molecule has 0 saturated carbocycles. The van der Waals surface area contributed by atoms with Crippen LogP contribution in [0.15, 0.2) is 24.8 Å². The van der Waals surface area contributed by atoms with Gasteiger partial charge >= 0.3 is 0 Å². The quantitative estimate of drug-likeness (QED) is 0.325. The molecule has 0 aliphatic carbocycles. The van der Waals surface area contributed by atoms with Crippen LogP contribution in [0.1, 0.15) is 90.4 Å². The number of hydrogen-bond acceptors (Lipinski definition) is 1. The molecule has 0 saturated heterocycles. The van der Waals surface area contributed by atoms with Crippen molar-refractivity contribution in [2.45, 2.75) is 103 Å². The molecule has 140 valence electrons. The minimum atomic E-state index is -0.599. The Morgan fingerprint density at radius 2 is 1.46 bits per heavy atom. The van der Waals surface area contributed by atoms with Gasteiger partial charge in [-0.3, -0.25) is 0 Å². The van der Waals surface area contributed by atoms with E-state index >= 15 is 0 Å². The lowest BCUT2D eigenvalue weighted by Crippen LogP contribution is -3.00. The van der Waals surface area contributed by atoms with Crippen molar-refractivity contribution < 1.29 is 25.9 Å². The highest BCUT2D eigenvalue weighted by atomic mass is 79.9. The Labute approximate surface area is 159 Å². The Hall–Kier alpha value is -0.510. The first-order valence-corrected chi connectivity index (χ1v) is 9.76. The summed E-state index contributed by atoms with van der Waals surface area (Å²) in [5.74, 6) is 0. The van der Waals surface area contributed by atoms with Crippen LogP contribution in [0.3, 0.4) is 0 Å². The number of halogens is 2. The molecule has 0 radical (unpaired) electrons. The van der Waals surface area contributed by atoms with E-state index in [1.54, 1.807) is 6.20 Å². The van der Waals surface area contributed by atoms with Crippen molar-refractivity contribution in [1.29, 1.82) is 0 Å². The summed E-state index contributed by atoms with van der Waals surface area (Å²) >= 11 is 0. The van der Waals surface area contributed by atoms with Gasteiger partial charge in [-0.1, -0.05) is 69.7 Å². The monoisotopic (exact) mass is 402 g/mol. The number of alkyl halides is 1. The first kappa shape index (κ1) is 23.5. The highest BCUT2D eigenvalue weighted by Gasteiger charge is 2.06. The molecule has 1 aromatic rings. The average molecular weight is 403 g/mol. The zero-order valence-electron chi connectivity index (χ0n) is 15.4. The molecule has 1 rings (SSSR count). The van der Waals surface area contributed by atoms with E-state index in [4.69, 9.17) is 0 Å². The fourth-order valence-corrected chi connectivity index (χ4v) is 2.97. The molecule has 1 unspecified atom stereocenters. The molecule has 0 fully saturated rings. The van der Waals surface area contributed by atoms with Crippen molar-refractivity contribution in [3.63, 3.8) is 0 Å². The van der Waals surface area contributed by atoms with E-state index in [-0.39, 0.29) is 17.0 Å². The van der Waals surface area contributed by atoms with Crippen LogP contribution in [-0.4, -0.2) is 11.2 Å². The molecule has 1 heterocycles. The van der Waals surface area contributed by atoms with E-state index in [1.165, 1.54) is 51.4 Å². The van der Waals surface area contributed by atoms with Crippen LogP contribution in [-0.2, 0) is 6.54 Å². The molecular formula is C20H36BrFN2. The molecule has 0 N–H and O–H groups in total. The summed E-state index contributed by atoms with van der Waals surface area (Å²) in [7, 11) is 0. The van der Waals surface area contributed by atoms with Crippen LogP contribution in [0.2, 0.25) is 0 Å². The molecule has 0 amide bonds. The molecule has 1 aromatic heterocycles. The van der Waals surface area contributed by atoms with Crippen LogP contribution in [0.25, 0.3) is 0 Å². The van der Waals surface area contributed by atoms with Crippen LogP contribution >= 0.6 is 0 Å².